The first kappa shape index (κ1) is 15.2. The van der Waals surface area contributed by atoms with Crippen molar-refractivity contribution in [2.45, 2.75) is 13.8 Å². The lowest BCUT2D eigenvalue weighted by Crippen LogP contribution is -2.30. The van der Waals surface area contributed by atoms with E-state index in [0.29, 0.717) is 15.5 Å². The van der Waals surface area contributed by atoms with Crippen LogP contribution in [0, 0.1) is 6.92 Å². The van der Waals surface area contributed by atoms with E-state index < -0.39 is 17.7 Å². The smallest absolute Gasteiger partial charge is 0.350 e. The third-order valence-electron chi connectivity index (χ3n) is 2.88. The van der Waals surface area contributed by atoms with Gasteiger partial charge in [-0.3, -0.25) is 14.0 Å². The molecule has 1 amide bonds. The Morgan fingerprint density at radius 3 is 2.62 bits per heavy atom. The summed E-state index contributed by atoms with van der Waals surface area (Å²) < 4.78 is 6.48. The van der Waals surface area contributed by atoms with Crippen LogP contribution in [0.4, 0.5) is 0 Å². The fourth-order valence-electron chi connectivity index (χ4n) is 1.86. The van der Waals surface area contributed by atoms with Gasteiger partial charge in [-0.25, -0.2) is 9.78 Å². The molecule has 2 aromatic heterocycles. The first-order valence-electron chi connectivity index (χ1n) is 6.28. The number of nitrogens with zero attached hydrogens (tertiary/aromatic N) is 3. The summed E-state index contributed by atoms with van der Waals surface area (Å²) in [4.78, 5) is 41.9. The molecule has 0 aromatic carbocycles. The summed E-state index contributed by atoms with van der Waals surface area (Å²) in [6.45, 7) is 3.67. The maximum atomic E-state index is 12.2. The van der Waals surface area contributed by atoms with E-state index in [1.165, 1.54) is 29.6 Å². The standard InChI is InChI=1S/C13H15N3O4S/c1-5-20-12(19)10-7(2)16-8(6-14-13(16)21-10)9(17)11(18)15(3)4/h6H,5H2,1-4H3. The van der Waals surface area contributed by atoms with Crippen LogP contribution in [-0.4, -0.2) is 52.6 Å². The summed E-state index contributed by atoms with van der Waals surface area (Å²) in [5.41, 5.74) is 0.689. The second kappa shape index (κ2) is 5.65. The average Bonchev–Trinajstić information content (AvgIpc) is 2.98. The van der Waals surface area contributed by atoms with Gasteiger partial charge in [-0.1, -0.05) is 11.3 Å². The molecule has 0 aliphatic rings. The van der Waals surface area contributed by atoms with Gasteiger partial charge in [0, 0.05) is 19.8 Å². The molecule has 0 N–H and O–H groups in total. The van der Waals surface area contributed by atoms with E-state index in [1.54, 1.807) is 13.8 Å². The molecule has 2 rings (SSSR count). The van der Waals surface area contributed by atoms with Crippen LogP contribution in [0.5, 0.6) is 0 Å². The predicted octanol–water partition coefficient (Wildman–Crippen LogP) is 1.15. The molecule has 7 nitrogen and oxygen atoms in total. The predicted molar refractivity (Wildman–Crippen MR) is 76.8 cm³/mol. The number of imidazole rings is 1. The Bertz CT molecular complexity index is 729. The Morgan fingerprint density at radius 2 is 2.05 bits per heavy atom. The maximum Gasteiger partial charge on any atom is 0.350 e. The van der Waals surface area contributed by atoms with Crippen molar-refractivity contribution in [2.24, 2.45) is 0 Å². The van der Waals surface area contributed by atoms with Crippen LogP contribution in [0.3, 0.4) is 0 Å². The zero-order chi connectivity index (χ0) is 15.7. The summed E-state index contributed by atoms with van der Waals surface area (Å²) in [6.07, 6.45) is 1.34. The highest BCUT2D eigenvalue weighted by Gasteiger charge is 2.26. The number of ether oxygens (including phenoxy) is 1. The van der Waals surface area contributed by atoms with Gasteiger partial charge in [0.2, 0.25) is 0 Å². The van der Waals surface area contributed by atoms with Gasteiger partial charge in [0.15, 0.2) is 4.96 Å². The number of carbonyl (C=O) groups is 3. The summed E-state index contributed by atoms with van der Waals surface area (Å²) >= 11 is 1.13. The highest BCUT2D eigenvalue weighted by Crippen LogP contribution is 2.25. The molecular weight excluding hydrogens is 294 g/mol. The molecule has 0 bridgehead atoms. The molecule has 0 unspecified atom stereocenters. The molecule has 2 heterocycles. The van der Waals surface area contributed by atoms with Gasteiger partial charge in [-0.15, -0.1) is 0 Å². The zero-order valence-electron chi connectivity index (χ0n) is 12.2. The molecular formula is C13H15N3O4S. The monoisotopic (exact) mass is 309 g/mol. The number of aryl methyl sites for hydroxylation is 1. The Balaban J connectivity index is 2.51. The molecule has 0 atom stereocenters. The summed E-state index contributed by atoms with van der Waals surface area (Å²) in [7, 11) is 3.01. The third kappa shape index (κ3) is 2.54. The van der Waals surface area contributed by atoms with E-state index in [9.17, 15) is 14.4 Å². The highest BCUT2D eigenvalue weighted by molar-refractivity contribution is 7.19. The number of fused-ring (bicyclic) bond motifs is 1. The first-order chi connectivity index (χ1) is 9.88. The first-order valence-corrected chi connectivity index (χ1v) is 7.10. The number of Topliss-reactive ketones (excluding diaryl/α,β-unsaturated/α-hetero) is 1. The largest absolute Gasteiger partial charge is 0.462 e. The quantitative estimate of drug-likeness (QED) is 0.481. The second-order valence-electron chi connectivity index (χ2n) is 4.53. The molecule has 112 valence electrons. The highest BCUT2D eigenvalue weighted by atomic mass is 32.1. The molecule has 8 heteroatoms. The molecule has 2 aromatic rings. The van der Waals surface area contributed by atoms with Crippen molar-refractivity contribution in [3.05, 3.63) is 22.5 Å². The van der Waals surface area contributed by atoms with Gasteiger partial charge in [-0.05, 0) is 13.8 Å². The van der Waals surface area contributed by atoms with Crippen molar-refractivity contribution in [1.29, 1.82) is 0 Å². The number of hydrogen-bond donors (Lipinski definition) is 0. The van der Waals surface area contributed by atoms with E-state index in [1.807, 2.05) is 0 Å². The fourth-order valence-corrected chi connectivity index (χ4v) is 2.85. The SMILES string of the molecule is CCOC(=O)c1sc2ncc(C(=O)C(=O)N(C)C)n2c1C. The normalized spacial score (nSPS) is 10.7. The molecule has 0 aliphatic carbocycles. The number of esters is 1. The Hall–Kier alpha value is -2.22. The van der Waals surface area contributed by atoms with Crippen LogP contribution in [-0.2, 0) is 9.53 Å². The van der Waals surface area contributed by atoms with Gasteiger partial charge < -0.3 is 9.64 Å². The van der Waals surface area contributed by atoms with E-state index in [0.717, 1.165) is 11.3 Å². The molecule has 0 radical (unpaired) electrons. The van der Waals surface area contributed by atoms with Gasteiger partial charge in [0.05, 0.1) is 12.8 Å². The zero-order valence-corrected chi connectivity index (χ0v) is 13.0. The molecule has 0 saturated carbocycles. The lowest BCUT2D eigenvalue weighted by Gasteiger charge is -2.08. The van der Waals surface area contributed by atoms with Crippen molar-refractivity contribution in [3.63, 3.8) is 0 Å². The summed E-state index contributed by atoms with van der Waals surface area (Å²) in [6, 6.07) is 0. The number of rotatable bonds is 4. The number of ketones is 1. The third-order valence-corrected chi connectivity index (χ3v) is 4.02. The van der Waals surface area contributed by atoms with Crippen LogP contribution in [0.1, 0.15) is 32.8 Å². The number of hydrogen-bond acceptors (Lipinski definition) is 6. The average molecular weight is 309 g/mol. The molecule has 21 heavy (non-hydrogen) atoms. The minimum atomic E-state index is -0.663. The number of likely N-dealkylation sites (N-methyl/N-ethyl adjacent to an activating group) is 1. The maximum absolute atomic E-state index is 12.2. The van der Waals surface area contributed by atoms with E-state index >= 15 is 0 Å². The number of thiazole rings is 1. The Morgan fingerprint density at radius 1 is 1.38 bits per heavy atom. The Kier molecular flexibility index (Phi) is 4.08. The van der Waals surface area contributed by atoms with Gasteiger partial charge in [0.25, 0.3) is 11.7 Å². The second-order valence-corrected chi connectivity index (χ2v) is 5.50. The summed E-state index contributed by atoms with van der Waals surface area (Å²) in [5.74, 6) is -1.76. The fraction of sp³-hybridized carbons (Fsp3) is 0.385. The van der Waals surface area contributed by atoms with Crippen molar-refractivity contribution in [1.82, 2.24) is 14.3 Å². The van der Waals surface area contributed by atoms with Crippen LogP contribution in [0.25, 0.3) is 4.96 Å². The lowest BCUT2D eigenvalue weighted by molar-refractivity contribution is -0.124. The topological polar surface area (TPSA) is 81.0 Å². The molecule has 0 fully saturated rings. The molecule has 0 spiro atoms. The minimum absolute atomic E-state index is 0.146. The minimum Gasteiger partial charge on any atom is -0.462 e. The van der Waals surface area contributed by atoms with Crippen LogP contribution < -0.4 is 0 Å². The van der Waals surface area contributed by atoms with Gasteiger partial charge in [-0.2, -0.15) is 0 Å². The lowest BCUT2D eigenvalue weighted by atomic mass is 10.2. The van der Waals surface area contributed by atoms with Gasteiger partial charge >= 0.3 is 5.97 Å². The van der Waals surface area contributed by atoms with Crippen LogP contribution >= 0.6 is 11.3 Å². The number of carbonyl (C=O) groups excluding carboxylic acids is 3. The molecule has 0 saturated heterocycles. The van der Waals surface area contributed by atoms with E-state index in [2.05, 4.69) is 4.98 Å². The molecule has 0 aliphatic heterocycles. The van der Waals surface area contributed by atoms with Crippen molar-refractivity contribution in [3.8, 4) is 0 Å². The van der Waals surface area contributed by atoms with E-state index in [-0.39, 0.29) is 12.3 Å². The van der Waals surface area contributed by atoms with Crippen molar-refractivity contribution in [2.75, 3.05) is 20.7 Å². The van der Waals surface area contributed by atoms with Gasteiger partial charge in [0.1, 0.15) is 10.6 Å². The number of amides is 1. The van der Waals surface area contributed by atoms with Crippen LogP contribution in [0.2, 0.25) is 0 Å². The number of aromatic nitrogens is 2. The van der Waals surface area contributed by atoms with Crippen molar-refractivity contribution < 1.29 is 19.1 Å². The van der Waals surface area contributed by atoms with E-state index in [4.69, 9.17) is 4.74 Å². The van der Waals surface area contributed by atoms with Crippen LogP contribution in [0.15, 0.2) is 6.20 Å². The summed E-state index contributed by atoms with van der Waals surface area (Å²) in [5, 5.41) is 0. The Labute approximate surface area is 125 Å². The van der Waals surface area contributed by atoms with Crippen molar-refractivity contribution >= 4 is 34.0 Å².